The lowest BCUT2D eigenvalue weighted by molar-refractivity contribution is 0.101. The first-order valence-electron chi connectivity index (χ1n) is 11.7. The summed E-state index contributed by atoms with van der Waals surface area (Å²) in [6.07, 6.45) is 5.23. The minimum atomic E-state index is -0.548. The molecule has 4 aromatic rings. The van der Waals surface area contributed by atoms with E-state index in [4.69, 9.17) is 14.8 Å². The predicted molar refractivity (Wildman–Crippen MR) is 136 cm³/mol. The van der Waals surface area contributed by atoms with Gasteiger partial charge in [-0.1, -0.05) is 0 Å². The summed E-state index contributed by atoms with van der Waals surface area (Å²) in [5, 5.41) is 14.4. The molecule has 0 unspecified atom stereocenters. The number of hydrogen-bond acceptors (Lipinski definition) is 7. The van der Waals surface area contributed by atoms with E-state index in [9.17, 15) is 9.18 Å². The van der Waals surface area contributed by atoms with Gasteiger partial charge in [0.25, 0.3) is 5.91 Å². The van der Waals surface area contributed by atoms with Crippen LogP contribution in [0.5, 0.6) is 5.75 Å². The minimum Gasteiger partial charge on any atom is -0.491 e. The molecule has 1 aliphatic rings. The lowest BCUT2D eigenvalue weighted by Gasteiger charge is -2.25. The highest BCUT2D eigenvalue weighted by Gasteiger charge is 2.28. The number of nitrogens with zero attached hydrogens (tertiary/aromatic N) is 4. The molecule has 186 valence electrons. The smallest absolute Gasteiger partial charge is 0.274 e. The van der Waals surface area contributed by atoms with Gasteiger partial charge >= 0.3 is 0 Å². The van der Waals surface area contributed by atoms with Crippen LogP contribution in [0.25, 0.3) is 0 Å². The molecule has 36 heavy (non-hydrogen) atoms. The third kappa shape index (κ3) is 5.39. The van der Waals surface area contributed by atoms with E-state index in [-0.39, 0.29) is 25.2 Å². The molecule has 2 N–H and O–H groups in total. The largest absolute Gasteiger partial charge is 0.491 e. The normalized spacial score (nSPS) is 15.3. The van der Waals surface area contributed by atoms with Crippen LogP contribution in [-0.4, -0.2) is 45.3 Å². The third-order valence-electron chi connectivity index (χ3n) is 6.07. The zero-order valence-electron chi connectivity index (χ0n) is 19.5. The highest BCUT2D eigenvalue weighted by molar-refractivity contribution is 7.14. The standard InChI is InChI=1S/C26H26FN5O3S/c27-24-15-18(9-10-28-24)16-31-11-1-4-23(31)25(34)30-26-29-21(17-36-26)22-3-2-12-32(22)19-5-7-20(8-6-19)35-14-13-33/h1,4-11,15,17,22,33H,2-3,12-14,16H2,(H,29,30,34)/t22-/m1/s1. The summed E-state index contributed by atoms with van der Waals surface area (Å²) >= 11 is 1.40. The Bertz CT molecular complexity index is 1320. The van der Waals surface area contributed by atoms with E-state index in [1.807, 2.05) is 29.6 Å². The van der Waals surface area contributed by atoms with Gasteiger partial charge in [-0.2, -0.15) is 4.39 Å². The molecule has 3 aromatic heterocycles. The second-order valence-corrected chi connectivity index (χ2v) is 9.32. The van der Waals surface area contributed by atoms with Crippen molar-refractivity contribution in [1.82, 2.24) is 14.5 Å². The predicted octanol–water partition coefficient (Wildman–Crippen LogP) is 4.49. The van der Waals surface area contributed by atoms with Crippen molar-refractivity contribution in [3.05, 3.63) is 89.2 Å². The number of carbonyl (C=O) groups is 1. The zero-order chi connectivity index (χ0) is 24.9. The molecule has 8 nitrogen and oxygen atoms in total. The number of thiazole rings is 1. The van der Waals surface area contributed by atoms with E-state index < -0.39 is 5.95 Å². The minimum absolute atomic E-state index is 0.0187. The number of anilines is 2. The summed E-state index contributed by atoms with van der Waals surface area (Å²) in [4.78, 5) is 23.6. The number of pyridine rings is 1. The summed E-state index contributed by atoms with van der Waals surface area (Å²) in [5.41, 5.74) is 3.20. The molecule has 0 radical (unpaired) electrons. The Kier molecular flexibility index (Phi) is 7.24. The van der Waals surface area contributed by atoms with E-state index >= 15 is 0 Å². The monoisotopic (exact) mass is 507 g/mol. The Morgan fingerprint density at radius 3 is 2.92 bits per heavy atom. The van der Waals surface area contributed by atoms with E-state index in [1.54, 1.807) is 29.0 Å². The molecule has 0 saturated carbocycles. The molecular formula is C26H26FN5O3S. The molecule has 4 heterocycles. The molecule has 0 aliphatic carbocycles. The van der Waals surface area contributed by atoms with Crippen molar-refractivity contribution in [2.75, 3.05) is 30.0 Å². The van der Waals surface area contributed by atoms with Gasteiger partial charge in [0.15, 0.2) is 5.13 Å². The van der Waals surface area contributed by atoms with Crippen LogP contribution in [0.3, 0.4) is 0 Å². The summed E-state index contributed by atoms with van der Waals surface area (Å²) < 4.78 is 20.7. The Labute approximate surface area is 212 Å². The zero-order valence-corrected chi connectivity index (χ0v) is 20.3. The number of benzene rings is 1. The number of aliphatic hydroxyl groups is 1. The number of carbonyl (C=O) groups excluding carboxylic acids is 1. The Hall–Kier alpha value is -3.76. The molecule has 1 atom stereocenters. The van der Waals surface area contributed by atoms with E-state index in [2.05, 4.69) is 15.2 Å². The summed E-state index contributed by atoms with van der Waals surface area (Å²) in [6.45, 7) is 1.53. The van der Waals surface area contributed by atoms with Crippen molar-refractivity contribution in [3.8, 4) is 5.75 Å². The Morgan fingerprint density at radius 1 is 1.25 bits per heavy atom. The van der Waals surface area contributed by atoms with Crippen molar-refractivity contribution in [2.24, 2.45) is 0 Å². The third-order valence-corrected chi connectivity index (χ3v) is 6.85. The maximum atomic E-state index is 13.4. The number of rotatable bonds is 9. The molecular weight excluding hydrogens is 481 g/mol. The van der Waals surface area contributed by atoms with Crippen LogP contribution < -0.4 is 15.0 Å². The average molecular weight is 508 g/mol. The van der Waals surface area contributed by atoms with E-state index in [1.165, 1.54) is 23.6 Å². The lowest BCUT2D eigenvalue weighted by atomic mass is 10.1. The van der Waals surface area contributed by atoms with Crippen molar-refractivity contribution < 1.29 is 19.0 Å². The van der Waals surface area contributed by atoms with Crippen molar-refractivity contribution in [2.45, 2.75) is 25.4 Å². The Morgan fingerprint density at radius 2 is 2.11 bits per heavy atom. The van der Waals surface area contributed by atoms with Gasteiger partial charge in [0.1, 0.15) is 18.1 Å². The average Bonchev–Trinajstić information content (AvgIpc) is 3.64. The fourth-order valence-corrected chi connectivity index (χ4v) is 5.19. The van der Waals surface area contributed by atoms with Crippen LogP contribution in [0.1, 0.15) is 40.6 Å². The second-order valence-electron chi connectivity index (χ2n) is 8.46. The van der Waals surface area contributed by atoms with Gasteiger partial charge in [-0.25, -0.2) is 9.97 Å². The summed E-state index contributed by atoms with van der Waals surface area (Å²) in [6, 6.07) is 14.6. The SMILES string of the molecule is O=C(Nc1nc([C@H]2CCCN2c2ccc(OCCO)cc2)cs1)c1cccn1Cc1ccnc(F)c1. The summed E-state index contributed by atoms with van der Waals surface area (Å²) in [5.74, 6) is -0.0916. The molecule has 5 rings (SSSR count). The van der Waals surface area contributed by atoms with Gasteiger partial charge in [-0.15, -0.1) is 11.3 Å². The number of aliphatic hydroxyl groups excluding tert-OH is 1. The van der Waals surface area contributed by atoms with Crippen LogP contribution in [0.4, 0.5) is 15.2 Å². The van der Waals surface area contributed by atoms with Gasteiger partial charge in [0, 0.05) is 36.6 Å². The van der Waals surface area contributed by atoms with Crippen molar-refractivity contribution in [3.63, 3.8) is 0 Å². The molecule has 1 saturated heterocycles. The fraction of sp³-hybridized carbons (Fsp3) is 0.269. The number of amides is 1. The van der Waals surface area contributed by atoms with E-state index in [0.717, 1.165) is 42.1 Å². The van der Waals surface area contributed by atoms with Gasteiger partial charge in [-0.05, 0) is 66.9 Å². The van der Waals surface area contributed by atoms with Crippen molar-refractivity contribution in [1.29, 1.82) is 0 Å². The highest BCUT2D eigenvalue weighted by atomic mass is 32.1. The van der Waals surface area contributed by atoms with Crippen LogP contribution in [-0.2, 0) is 6.54 Å². The van der Waals surface area contributed by atoms with Crippen LogP contribution in [0.2, 0.25) is 0 Å². The lowest BCUT2D eigenvalue weighted by Crippen LogP contribution is -2.23. The van der Waals surface area contributed by atoms with Crippen molar-refractivity contribution >= 4 is 28.1 Å². The van der Waals surface area contributed by atoms with E-state index in [0.29, 0.717) is 17.4 Å². The number of ether oxygens (including phenoxy) is 1. The Balaban J connectivity index is 1.25. The molecule has 1 fully saturated rings. The van der Waals surface area contributed by atoms with Gasteiger partial charge in [0.05, 0.1) is 18.3 Å². The maximum Gasteiger partial charge on any atom is 0.274 e. The van der Waals surface area contributed by atoms with Gasteiger partial charge in [-0.3, -0.25) is 10.1 Å². The van der Waals surface area contributed by atoms with Crippen LogP contribution >= 0.6 is 11.3 Å². The van der Waals surface area contributed by atoms with Gasteiger partial charge in [0.2, 0.25) is 5.95 Å². The molecule has 1 aliphatic heterocycles. The molecule has 0 bridgehead atoms. The molecule has 10 heteroatoms. The quantitative estimate of drug-likeness (QED) is 0.324. The molecule has 1 aromatic carbocycles. The number of hydrogen-bond donors (Lipinski definition) is 2. The first-order chi connectivity index (χ1) is 17.6. The van der Waals surface area contributed by atoms with Gasteiger partial charge < -0.3 is 19.3 Å². The molecule has 1 amide bonds. The number of nitrogens with one attached hydrogen (secondary N) is 1. The topological polar surface area (TPSA) is 92.5 Å². The highest BCUT2D eigenvalue weighted by Crippen LogP contribution is 2.37. The summed E-state index contributed by atoms with van der Waals surface area (Å²) in [7, 11) is 0. The fourth-order valence-electron chi connectivity index (χ4n) is 4.43. The first-order valence-corrected chi connectivity index (χ1v) is 12.6. The second kappa shape index (κ2) is 10.9. The number of halogens is 1. The maximum absolute atomic E-state index is 13.4. The van der Waals surface area contributed by atoms with Crippen LogP contribution in [0.15, 0.2) is 66.3 Å². The first kappa shape index (κ1) is 24.0. The molecule has 0 spiro atoms. The van der Waals surface area contributed by atoms with Crippen LogP contribution in [0, 0.1) is 5.95 Å². The number of aromatic nitrogens is 3.